The van der Waals surface area contributed by atoms with E-state index in [1.54, 1.807) is 0 Å². The van der Waals surface area contributed by atoms with Gasteiger partial charge in [0, 0.05) is 0 Å². The van der Waals surface area contributed by atoms with Gasteiger partial charge in [0.1, 0.15) is 0 Å². The summed E-state index contributed by atoms with van der Waals surface area (Å²) in [6.45, 7) is 3.91. The van der Waals surface area contributed by atoms with Gasteiger partial charge < -0.3 is 14.0 Å². The van der Waals surface area contributed by atoms with Crippen LogP contribution in [0.5, 0.6) is 17.2 Å². The van der Waals surface area contributed by atoms with Gasteiger partial charge in [-0.05, 0) is 55.7 Å². The van der Waals surface area contributed by atoms with Crippen molar-refractivity contribution in [2.24, 2.45) is 0 Å². The van der Waals surface area contributed by atoms with Crippen LogP contribution in [0.4, 0.5) is 26.3 Å². The maximum absolute atomic E-state index is 14.4. The molecule has 3 aromatic carbocycles. The lowest BCUT2D eigenvalue weighted by Crippen LogP contribution is -2.38. The molecule has 0 aliphatic heterocycles. The fourth-order valence-electron chi connectivity index (χ4n) is 2.58. The quantitative estimate of drug-likeness (QED) is 0.350. The molecule has 0 fully saturated rings. The molecule has 0 aromatic heterocycles. The van der Waals surface area contributed by atoms with E-state index in [9.17, 15) is 26.3 Å². The number of halogens is 6. The summed E-state index contributed by atoms with van der Waals surface area (Å²) in [6, 6.07) is 5.96. The normalized spacial score (nSPS) is 10.7. The standard InChI is InChI=1S/C21H15BF6O3/c1-10-4-7-13(23)19(16(10)26)29-22(30-20-14(24)8-5-11(2)17(20)27)31-21-15(25)9-6-12(3)18(21)28/h4-9H,1-3H3. The molecule has 162 valence electrons. The van der Waals surface area contributed by atoms with E-state index in [0.29, 0.717) is 0 Å². The van der Waals surface area contributed by atoms with Crippen molar-refractivity contribution in [1.29, 1.82) is 0 Å². The predicted octanol–water partition coefficient (Wildman–Crippen LogP) is 5.97. The summed E-state index contributed by atoms with van der Waals surface area (Å²) in [5, 5.41) is 0. The molecule has 0 spiro atoms. The molecule has 0 radical (unpaired) electrons. The molecule has 0 saturated carbocycles. The first-order chi connectivity index (χ1) is 14.6. The molecular formula is C21H15BF6O3. The molecular weight excluding hydrogens is 425 g/mol. The van der Waals surface area contributed by atoms with E-state index in [-0.39, 0.29) is 16.7 Å². The maximum Gasteiger partial charge on any atom is 0.864 e. The fraction of sp³-hybridized carbons (Fsp3) is 0.143. The van der Waals surface area contributed by atoms with Crippen molar-refractivity contribution in [1.82, 2.24) is 0 Å². The lowest BCUT2D eigenvalue weighted by atomic mass is 10.1. The van der Waals surface area contributed by atoms with Crippen LogP contribution in [0.2, 0.25) is 0 Å². The molecule has 0 N–H and O–H groups in total. The Kier molecular flexibility index (Phi) is 6.38. The number of benzene rings is 3. The summed E-state index contributed by atoms with van der Waals surface area (Å²) in [4.78, 5) is 0. The first-order valence-electron chi connectivity index (χ1n) is 8.94. The van der Waals surface area contributed by atoms with E-state index < -0.39 is 59.5 Å². The molecule has 3 aromatic rings. The third kappa shape index (κ3) is 4.57. The van der Waals surface area contributed by atoms with Crippen LogP contribution in [0.1, 0.15) is 16.7 Å². The second-order valence-electron chi connectivity index (χ2n) is 6.66. The smallest absolute Gasteiger partial charge is 0.484 e. The number of hydrogen-bond acceptors (Lipinski definition) is 3. The largest absolute Gasteiger partial charge is 0.864 e. The zero-order valence-electron chi connectivity index (χ0n) is 16.5. The van der Waals surface area contributed by atoms with E-state index in [4.69, 9.17) is 14.0 Å². The second-order valence-corrected chi connectivity index (χ2v) is 6.66. The van der Waals surface area contributed by atoms with E-state index in [1.165, 1.54) is 20.8 Å². The van der Waals surface area contributed by atoms with Crippen LogP contribution < -0.4 is 14.0 Å². The van der Waals surface area contributed by atoms with Crippen LogP contribution in [0.15, 0.2) is 36.4 Å². The molecule has 3 rings (SSSR count). The van der Waals surface area contributed by atoms with Crippen molar-refractivity contribution in [2.45, 2.75) is 20.8 Å². The Morgan fingerprint density at radius 2 is 0.742 bits per heavy atom. The minimum absolute atomic E-state index is 0.0315. The number of rotatable bonds is 6. The molecule has 0 heterocycles. The van der Waals surface area contributed by atoms with E-state index in [1.807, 2.05) is 0 Å². The molecule has 0 atom stereocenters. The summed E-state index contributed by atoms with van der Waals surface area (Å²) in [6.07, 6.45) is 0. The number of hydrogen-bond donors (Lipinski definition) is 0. The SMILES string of the molecule is Cc1ccc(F)c(OB(Oc2c(F)ccc(C)c2F)Oc2c(F)ccc(C)c2F)c1F. The molecule has 0 aliphatic rings. The van der Waals surface area contributed by atoms with Gasteiger partial charge in [0.05, 0.1) is 0 Å². The van der Waals surface area contributed by atoms with Crippen LogP contribution in [-0.2, 0) is 0 Å². The Hall–Kier alpha value is -3.30. The first-order valence-corrected chi connectivity index (χ1v) is 8.94. The van der Waals surface area contributed by atoms with Crippen molar-refractivity contribution in [3.63, 3.8) is 0 Å². The summed E-state index contributed by atoms with van der Waals surface area (Å²) < 4.78 is 101. The molecule has 3 nitrogen and oxygen atoms in total. The van der Waals surface area contributed by atoms with Crippen molar-refractivity contribution in [3.05, 3.63) is 88.0 Å². The summed E-state index contributed by atoms with van der Waals surface area (Å²) in [5.74, 6) is -10.1. The van der Waals surface area contributed by atoms with Crippen molar-refractivity contribution in [3.8, 4) is 17.2 Å². The molecule has 0 amide bonds. The molecule has 0 aliphatic carbocycles. The highest BCUT2D eigenvalue weighted by Gasteiger charge is 2.37. The monoisotopic (exact) mass is 440 g/mol. The minimum Gasteiger partial charge on any atom is -0.484 e. The topological polar surface area (TPSA) is 27.7 Å². The Labute approximate surface area is 174 Å². The van der Waals surface area contributed by atoms with Crippen LogP contribution in [0, 0.1) is 55.7 Å². The van der Waals surface area contributed by atoms with Gasteiger partial charge in [-0.2, -0.15) is 0 Å². The van der Waals surface area contributed by atoms with E-state index in [2.05, 4.69) is 0 Å². The van der Waals surface area contributed by atoms with Gasteiger partial charge in [-0.15, -0.1) is 0 Å². The summed E-state index contributed by atoms with van der Waals surface area (Å²) in [5.41, 5.74) is -0.0945. The highest BCUT2D eigenvalue weighted by atomic mass is 19.2. The first kappa shape index (κ1) is 22.4. The minimum atomic E-state index is -2.36. The van der Waals surface area contributed by atoms with Gasteiger partial charge in [0.15, 0.2) is 52.2 Å². The Bertz CT molecular complexity index is 997. The molecule has 0 unspecified atom stereocenters. The van der Waals surface area contributed by atoms with Gasteiger partial charge in [-0.25, -0.2) is 26.3 Å². The third-order valence-corrected chi connectivity index (χ3v) is 4.37. The summed E-state index contributed by atoms with van der Waals surface area (Å²) in [7, 11) is -2.36. The third-order valence-electron chi connectivity index (χ3n) is 4.37. The van der Waals surface area contributed by atoms with Crippen LogP contribution in [-0.4, -0.2) is 7.32 Å². The lowest BCUT2D eigenvalue weighted by molar-refractivity contribution is 0.268. The second kappa shape index (κ2) is 8.83. The van der Waals surface area contributed by atoms with Gasteiger partial charge >= 0.3 is 7.32 Å². The lowest BCUT2D eigenvalue weighted by Gasteiger charge is -2.19. The Morgan fingerprint density at radius 1 is 0.484 bits per heavy atom. The molecule has 0 bridgehead atoms. The van der Waals surface area contributed by atoms with E-state index in [0.717, 1.165) is 36.4 Å². The van der Waals surface area contributed by atoms with Crippen LogP contribution >= 0.6 is 0 Å². The Balaban J connectivity index is 2.06. The summed E-state index contributed by atoms with van der Waals surface area (Å²) >= 11 is 0. The van der Waals surface area contributed by atoms with Crippen molar-refractivity contribution < 1.29 is 40.3 Å². The van der Waals surface area contributed by atoms with Crippen molar-refractivity contribution in [2.75, 3.05) is 0 Å². The van der Waals surface area contributed by atoms with E-state index >= 15 is 0 Å². The number of aryl methyl sites for hydroxylation is 3. The average molecular weight is 440 g/mol. The average Bonchev–Trinajstić information content (AvgIpc) is 2.73. The van der Waals surface area contributed by atoms with Gasteiger partial charge in [0.25, 0.3) is 0 Å². The fourth-order valence-corrected chi connectivity index (χ4v) is 2.58. The van der Waals surface area contributed by atoms with Gasteiger partial charge in [-0.3, -0.25) is 0 Å². The zero-order valence-corrected chi connectivity index (χ0v) is 16.5. The highest BCUT2D eigenvalue weighted by molar-refractivity contribution is 6.39. The Morgan fingerprint density at radius 3 is 1.00 bits per heavy atom. The zero-order chi connectivity index (χ0) is 22.9. The highest BCUT2D eigenvalue weighted by Crippen LogP contribution is 2.30. The predicted molar refractivity (Wildman–Crippen MR) is 101 cm³/mol. The molecule has 0 saturated heterocycles. The van der Waals surface area contributed by atoms with Gasteiger partial charge in [-0.1, -0.05) is 18.2 Å². The van der Waals surface area contributed by atoms with Crippen molar-refractivity contribution >= 4 is 7.32 Å². The molecule has 31 heavy (non-hydrogen) atoms. The van der Waals surface area contributed by atoms with Crippen LogP contribution in [0.25, 0.3) is 0 Å². The van der Waals surface area contributed by atoms with Crippen LogP contribution in [0.3, 0.4) is 0 Å². The molecule has 10 heteroatoms. The maximum atomic E-state index is 14.4. The van der Waals surface area contributed by atoms with Gasteiger partial charge in [0.2, 0.25) is 0 Å².